The van der Waals surface area contributed by atoms with Crippen LogP contribution in [-0.2, 0) is 16.0 Å². The number of nitrogens with one attached hydrogen (secondary N) is 2. The molecule has 1 unspecified atom stereocenters. The Balaban J connectivity index is 1.97. The number of rotatable bonds is 8. The Morgan fingerprint density at radius 3 is 2.40 bits per heavy atom. The number of nitrogens with zero attached hydrogens (tertiary/aromatic N) is 2. The number of urea groups is 1. The molecule has 11 heteroatoms. The molecule has 1 atom stereocenters. The van der Waals surface area contributed by atoms with Crippen molar-refractivity contribution in [1.82, 2.24) is 15.9 Å². The lowest BCUT2D eigenvalue weighted by atomic mass is 10.0. The average molecular weight is 414 g/mol. The molecule has 30 heavy (non-hydrogen) atoms. The summed E-state index contributed by atoms with van der Waals surface area (Å²) in [6, 6.07) is 12.7. The standard InChI is InChI=1S/C19H22N6O5/c20-18(21)22-14-8-4-5-12(9-14)10-16(26)23-19(29)24-25(30)15(11-17(27)28)13-6-2-1-3-7-13/h1-9,15,30H,10-11H2,(H,27,28)(H4,20,21,22)(H2,23,24,26,29). The number of hydrazine groups is 1. The van der Waals surface area contributed by atoms with Gasteiger partial charge in [-0.3, -0.25) is 20.1 Å². The zero-order valence-electron chi connectivity index (χ0n) is 15.9. The molecule has 0 saturated carbocycles. The second kappa shape index (κ2) is 10.5. The van der Waals surface area contributed by atoms with Gasteiger partial charge < -0.3 is 16.6 Å². The molecule has 0 spiro atoms. The van der Waals surface area contributed by atoms with Gasteiger partial charge in [0.15, 0.2) is 5.96 Å². The van der Waals surface area contributed by atoms with Gasteiger partial charge in [-0.05, 0) is 23.3 Å². The van der Waals surface area contributed by atoms with E-state index in [0.717, 1.165) is 0 Å². The predicted molar refractivity (Wildman–Crippen MR) is 107 cm³/mol. The second-order valence-corrected chi connectivity index (χ2v) is 6.24. The highest BCUT2D eigenvalue weighted by atomic mass is 16.5. The molecule has 0 aliphatic carbocycles. The minimum Gasteiger partial charge on any atom is -0.481 e. The molecule has 2 aromatic carbocycles. The summed E-state index contributed by atoms with van der Waals surface area (Å²) in [5.74, 6) is -1.97. The molecule has 8 N–H and O–H groups in total. The van der Waals surface area contributed by atoms with Crippen LogP contribution in [-0.4, -0.2) is 39.4 Å². The molecule has 2 aromatic rings. The predicted octanol–water partition coefficient (Wildman–Crippen LogP) is 0.782. The Kier molecular flexibility index (Phi) is 7.85. The first-order valence-electron chi connectivity index (χ1n) is 8.78. The number of benzene rings is 2. The first-order valence-corrected chi connectivity index (χ1v) is 8.78. The molecule has 158 valence electrons. The van der Waals surface area contributed by atoms with Crippen molar-refractivity contribution < 1.29 is 24.7 Å². The van der Waals surface area contributed by atoms with Crippen LogP contribution in [0, 0.1) is 0 Å². The maximum absolute atomic E-state index is 12.1. The number of carbonyl (C=O) groups is 3. The van der Waals surface area contributed by atoms with E-state index in [0.29, 0.717) is 22.0 Å². The number of amides is 3. The van der Waals surface area contributed by atoms with Gasteiger partial charge in [0.1, 0.15) is 0 Å². The number of aliphatic imine (C=N–C) groups is 1. The van der Waals surface area contributed by atoms with Gasteiger partial charge in [-0.15, -0.1) is 0 Å². The SMILES string of the molecule is NC(N)=Nc1cccc(CC(=O)NC(=O)NN(O)C(CC(=O)O)c2ccccc2)c1. The zero-order valence-corrected chi connectivity index (χ0v) is 15.9. The lowest BCUT2D eigenvalue weighted by Gasteiger charge is -2.25. The summed E-state index contributed by atoms with van der Waals surface area (Å²) >= 11 is 0. The van der Waals surface area contributed by atoms with Crippen molar-refractivity contribution in [3.63, 3.8) is 0 Å². The monoisotopic (exact) mass is 414 g/mol. The number of guanidine groups is 1. The second-order valence-electron chi connectivity index (χ2n) is 6.24. The number of nitrogens with two attached hydrogens (primary N) is 2. The van der Waals surface area contributed by atoms with E-state index in [1.54, 1.807) is 54.6 Å². The van der Waals surface area contributed by atoms with Gasteiger partial charge >= 0.3 is 12.0 Å². The average Bonchev–Trinajstić information content (AvgIpc) is 2.66. The van der Waals surface area contributed by atoms with Crippen molar-refractivity contribution in [3.05, 3.63) is 65.7 Å². The first-order chi connectivity index (χ1) is 14.2. The first kappa shape index (κ1) is 22.3. The van der Waals surface area contributed by atoms with E-state index in [4.69, 9.17) is 16.6 Å². The number of carboxylic acids is 1. The summed E-state index contributed by atoms with van der Waals surface area (Å²) in [7, 11) is 0. The van der Waals surface area contributed by atoms with E-state index in [9.17, 15) is 19.6 Å². The van der Waals surface area contributed by atoms with Crippen molar-refractivity contribution in [2.45, 2.75) is 18.9 Å². The van der Waals surface area contributed by atoms with E-state index >= 15 is 0 Å². The van der Waals surface area contributed by atoms with Crippen molar-refractivity contribution in [2.75, 3.05) is 0 Å². The molecular weight excluding hydrogens is 392 g/mol. The summed E-state index contributed by atoms with van der Waals surface area (Å²) in [5.41, 5.74) is 14.1. The highest BCUT2D eigenvalue weighted by Gasteiger charge is 2.24. The molecule has 0 heterocycles. The molecule has 0 saturated heterocycles. The Hall–Kier alpha value is -3.96. The lowest BCUT2D eigenvalue weighted by molar-refractivity contribution is -0.170. The number of hydrogen-bond donors (Lipinski definition) is 6. The Morgan fingerprint density at radius 2 is 1.77 bits per heavy atom. The van der Waals surface area contributed by atoms with Crippen LogP contribution in [0.15, 0.2) is 59.6 Å². The maximum atomic E-state index is 12.1. The fourth-order valence-electron chi connectivity index (χ4n) is 2.64. The third kappa shape index (κ3) is 7.22. The van der Waals surface area contributed by atoms with Crippen LogP contribution in [0.2, 0.25) is 0 Å². The lowest BCUT2D eigenvalue weighted by Crippen LogP contribution is -2.49. The molecule has 0 aliphatic heterocycles. The van der Waals surface area contributed by atoms with E-state index in [2.05, 4.69) is 10.3 Å². The third-order valence-electron chi connectivity index (χ3n) is 3.85. The van der Waals surface area contributed by atoms with Crippen molar-refractivity contribution >= 4 is 29.6 Å². The Bertz CT molecular complexity index is 930. The summed E-state index contributed by atoms with van der Waals surface area (Å²) < 4.78 is 0. The third-order valence-corrected chi connectivity index (χ3v) is 3.85. The minimum absolute atomic E-state index is 0.131. The highest BCUT2D eigenvalue weighted by Crippen LogP contribution is 2.21. The molecule has 11 nitrogen and oxygen atoms in total. The van der Waals surface area contributed by atoms with Crippen molar-refractivity contribution in [3.8, 4) is 0 Å². The number of carbonyl (C=O) groups excluding carboxylic acids is 2. The van der Waals surface area contributed by atoms with E-state index < -0.39 is 30.4 Å². The van der Waals surface area contributed by atoms with Gasteiger partial charge in [0.2, 0.25) is 5.91 Å². The molecular formula is C19H22N6O5. The number of aliphatic carboxylic acids is 1. The number of carboxylic acid groups (broad SMARTS) is 1. The van der Waals surface area contributed by atoms with Crippen LogP contribution in [0.1, 0.15) is 23.6 Å². The van der Waals surface area contributed by atoms with Crippen LogP contribution < -0.4 is 22.2 Å². The van der Waals surface area contributed by atoms with Gasteiger partial charge in [0.25, 0.3) is 0 Å². The normalized spacial score (nSPS) is 11.4. The molecule has 0 bridgehead atoms. The van der Waals surface area contributed by atoms with Crippen molar-refractivity contribution in [1.29, 1.82) is 0 Å². The fourth-order valence-corrected chi connectivity index (χ4v) is 2.64. The molecule has 0 aliphatic rings. The van der Waals surface area contributed by atoms with E-state index in [-0.39, 0.29) is 12.4 Å². The number of hydrogen-bond acceptors (Lipinski definition) is 6. The van der Waals surface area contributed by atoms with Gasteiger partial charge in [0.05, 0.1) is 24.6 Å². The van der Waals surface area contributed by atoms with E-state index in [1.807, 2.05) is 5.43 Å². The highest BCUT2D eigenvalue weighted by molar-refractivity contribution is 5.95. The summed E-state index contributed by atoms with van der Waals surface area (Å²) in [5, 5.41) is 21.6. The molecule has 0 radical (unpaired) electrons. The topological polar surface area (TPSA) is 183 Å². The van der Waals surface area contributed by atoms with Crippen molar-refractivity contribution in [2.24, 2.45) is 16.5 Å². The molecule has 2 rings (SSSR count). The number of imide groups is 1. The molecule has 3 amide bonds. The Morgan fingerprint density at radius 1 is 1.07 bits per heavy atom. The van der Waals surface area contributed by atoms with Crippen LogP contribution >= 0.6 is 0 Å². The van der Waals surface area contributed by atoms with E-state index in [1.165, 1.54) is 0 Å². The van der Waals surface area contributed by atoms with Gasteiger partial charge in [-0.1, -0.05) is 47.6 Å². The van der Waals surface area contributed by atoms with Gasteiger partial charge in [0, 0.05) is 0 Å². The van der Waals surface area contributed by atoms with Crippen LogP contribution in [0.25, 0.3) is 0 Å². The van der Waals surface area contributed by atoms with Crippen LogP contribution in [0.3, 0.4) is 0 Å². The van der Waals surface area contributed by atoms with Gasteiger partial charge in [-0.2, -0.15) is 0 Å². The fraction of sp³-hybridized carbons (Fsp3) is 0.158. The molecule has 0 aromatic heterocycles. The maximum Gasteiger partial charge on any atom is 0.337 e. The van der Waals surface area contributed by atoms with Crippen LogP contribution in [0.5, 0.6) is 0 Å². The molecule has 0 fully saturated rings. The summed E-state index contributed by atoms with van der Waals surface area (Å²) in [4.78, 5) is 39.1. The summed E-state index contributed by atoms with van der Waals surface area (Å²) in [6.45, 7) is 0. The minimum atomic E-state index is -1.18. The van der Waals surface area contributed by atoms with Gasteiger partial charge in [-0.25, -0.2) is 15.2 Å². The Labute approximate surface area is 171 Å². The summed E-state index contributed by atoms with van der Waals surface area (Å²) in [6.07, 6.45) is -0.629. The largest absolute Gasteiger partial charge is 0.481 e. The zero-order chi connectivity index (χ0) is 22.1. The quantitative estimate of drug-likeness (QED) is 0.208. The number of hydroxylamine groups is 1. The smallest absolute Gasteiger partial charge is 0.337 e. The van der Waals surface area contributed by atoms with Crippen LogP contribution in [0.4, 0.5) is 10.5 Å².